The Hall–Kier alpha value is -3.91. The van der Waals surface area contributed by atoms with Crippen molar-refractivity contribution in [2.24, 2.45) is 7.05 Å². The highest BCUT2D eigenvalue weighted by molar-refractivity contribution is 6.50. The second-order valence-electron chi connectivity index (χ2n) is 8.38. The number of aromatic amines is 1. The molecule has 2 aliphatic heterocycles. The molecule has 0 aliphatic carbocycles. The van der Waals surface area contributed by atoms with E-state index in [1.807, 2.05) is 12.1 Å². The zero-order valence-corrected chi connectivity index (χ0v) is 17.9. The smallest absolute Gasteiger partial charge is 0.259 e. The Bertz CT molecular complexity index is 1490. The quantitative estimate of drug-likeness (QED) is 0.476. The molecule has 6 rings (SSSR count). The maximum absolute atomic E-state index is 13.8. The van der Waals surface area contributed by atoms with E-state index in [1.54, 1.807) is 30.1 Å². The van der Waals surface area contributed by atoms with Crippen LogP contribution in [0.4, 0.5) is 10.1 Å². The van der Waals surface area contributed by atoms with Gasteiger partial charge in [-0.1, -0.05) is 6.07 Å². The maximum Gasteiger partial charge on any atom is 0.259 e. The number of hydrogen-bond acceptors (Lipinski definition) is 4. The number of anilines is 1. The molecule has 2 amide bonds. The molecule has 2 aliphatic rings. The van der Waals surface area contributed by atoms with Gasteiger partial charge in [-0.15, -0.1) is 0 Å². The number of nitrogens with one attached hydrogen (secondary N) is 2. The third-order valence-electron chi connectivity index (χ3n) is 6.46. The lowest BCUT2D eigenvalue weighted by Crippen LogP contribution is -2.36. The number of imide groups is 1. The zero-order chi connectivity index (χ0) is 22.7. The molecule has 0 radical (unpaired) electrons. The molecule has 0 saturated carbocycles. The Morgan fingerprint density at radius 2 is 1.67 bits per heavy atom. The van der Waals surface area contributed by atoms with Crippen LogP contribution in [0.3, 0.4) is 0 Å². The number of H-pyrrole nitrogens is 1. The van der Waals surface area contributed by atoms with Crippen molar-refractivity contribution in [2.45, 2.75) is 0 Å². The average Bonchev–Trinajstić information content (AvgIpc) is 3.46. The lowest BCUT2D eigenvalue weighted by Gasteiger charge is -2.28. The summed E-state index contributed by atoms with van der Waals surface area (Å²) in [6.07, 6.45) is 3.54. The van der Waals surface area contributed by atoms with Gasteiger partial charge >= 0.3 is 0 Å². The van der Waals surface area contributed by atoms with Crippen LogP contribution in [-0.4, -0.2) is 47.7 Å². The van der Waals surface area contributed by atoms with Gasteiger partial charge in [0.15, 0.2) is 0 Å². The molecule has 166 valence electrons. The standard InChI is InChI=1S/C25H21FN4O3/c1-29-13-19(17-4-2-14(26)10-21(17)29)23-22(24(31)28-25(23)32)18-12-27-20-11-15(3-5-16(18)20)30-6-8-33-9-7-30/h2-5,10-13,27H,6-9H2,1H3,(H,28,31,32). The first-order chi connectivity index (χ1) is 16.0. The third kappa shape index (κ3) is 3.06. The van der Waals surface area contributed by atoms with Gasteiger partial charge in [0.1, 0.15) is 5.82 Å². The zero-order valence-electron chi connectivity index (χ0n) is 17.9. The number of nitrogens with zero attached hydrogens (tertiary/aromatic N) is 2. The van der Waals surface area contributed by atoms with Crippen LogP contribution < -0.4 is 10.2 Å². The number of rotatable bonds is 3. The molecule has 33 heavy (non-hydrogen) atoms. The van der Waals surface area contributed by atoms with Gasteiger partial charge < -0.3 is 19.2 Å². The van der Waals surface area contributed by atoms with Crippen LogP contribution in [0.2, 0.25) is 0 Å². The minimum atomic E-state index is -0.453. The van der Waals surface area contributed by atoms with Gasteiger partial charge in [0.05, 0.1) is 29.9 Å². The van der Waals surface area contributed by atoms with Gasteiger partial charge in [0, 0.05) is 65.6 Å². The van der Waals surface area contributed by atoms with Crippen molar-refractivity contribution >= 4 is 50.5 Å². The SMILES string of the molecule is Cn1cc(C2=C(c3c[nH]c4cc(N5CCOCC5)ccc34)C(=O)NC2=O)c2ccc(F)cc21. The number of hydrogen-bond donors (Lipinski definition) is 2. The van der Waals surface area contributed by atoms with E-state index in [9.17, 15) is 14.0 Å². The number of ether oxygens (including phenoxy) is 1. The van der Waals surface area contributed by atoms with Gasteiger partial charge in [-0.05, 0) is 30.3 Å². The first-order valence-electron chi connectivity index (χ1n) is 10.8. The summed E-state index contributed by atoms with van der Waals surface area (Å²) < 4.78 is 21.0. The molecule has 0 unspecified atom stereocenters. The Kier molecular flexibility index (Phi) is 4.38. The van der Waals surface area contributed by atoms with Crippen molar-refractivity contribution < 1.29 is 18.7 Å². The molecular weight excluding hydrogens is 423 g/mol. The summed E-state index contributed by atoms with van der Waals surface area (Å²) in [5.74, 6) is -1.25. The van der Waals surface area contributed by atoms with Crippen molar-refractivity contribution in [2.75, 3.05) is 31.2 Å². The molecule has 4 heterocycles. The number of halogens is 1. The highest BCUT2D eigenvalue weighted by Gasteiger charge is 2.35. The number of aryl methyl sites for hydroxylation is 1. The van der Waals surface area contributed by atoms with Crippen molar-refractivity contribution in [3.05, 3.63) is 65.7 Å². The summed E-state index contributed by atoms with van der Waals surface area (Å²) in [5.41, 5.74) is 4.50. The van der Waals surface area contributed by atoms with Gasteiger partial charge in [-0.25, -0.2) is 4.39 Å². The minimum Gasteiger partial charge on any atom is -0.378 e. The van der Waals surface area contributed by atoms with E-state index in [0.29, 0.717) is 46.4 Å². The lowest BCUT2D eigenvalue weighted by molar-refractivity contribution is -0.122. The number of amides is 2. The fourth-order valence-electron chi connectivity index (χ4n) is 4.86. The number of aromatic nitrogens is 2. The van der Waals surface area contributed by atoms with E-state index < -0.39 is 11.8 Å². The highest BCUT2D eigenvalue weighted by atomic mass is 19.1. The Morgan fingerprint density at radius 3 is 2.45 bits per heavy atom. The molecule has 2 aromatic carbocycles. The third-order valence-corrected chi connectivity index (χ3v) is 6.46. The van der Waals surface area contributed by atoms with Crippen LogP contribution in [0, 0.1) is 5.82 Å². The second kappa shape index (κ2) is 7.31. The van der Waals surface area contributed by atoms with Gasteiger partial charge in [-0.2, -0.15) is 0 Å². The lowest BCUT2D eigenvalue weighted by atomic mass is 9.95. The summed E-state index contributed by atoms with van der Waals surface area (Å²) in [6.45, 7) is 3.04. The monoisotopic (exact) mass is 444 g/mol. The molecule has 0 atom stereocenters. The van der Waals surface area contributed by atoms with Crippen molar-refractivity contribution in [1.29, 1.82) is 0 Å². The first kappa shape index (κ1) is 19.8. The fourth-order valence-corrected chi connectivity index (χ4v) is 4.86. The van der Waals surface area contributed by atoms with Crippen LogP contribution in [0.1, 0.15) is 11.1 Å². The normalized spacial score (nSPS) is 17.0. The molecule has 1 saturated heterocycles. The largest absolute Gasteiger partial charge is 0.378 e. The van der Waals surface area contributed by atoms with Crippen LogP contribution >= 0.6 is 0 Å². The summed E-state index contributed by atoms with van der Waals surface area (Å²) in [7, 11) is 1.79. The number of benzene rings is 2. The van der Waals surface area contributed by atoms with E-state index >= 15 is 0 Å². The van der Waals surface area contributed by atoms with Gasteiger partial charge in [0.25, 0.3) is 11.8 Å². The molecule has 7 nitrogen and oxygen atoms in total. The summed E-state index contributed by atoms with van der Waals surface area (Å²) in [6, 6.07) is 10.5. The number of fused-ring (bicyclic) bond motifs is 2. The molecule has 8 heteroatoms. The highest BCUT2D eigenvalue weighted by Crippen LogP contribution is 2.38. The number of carbonyl (C=O) groups excluding carboxylic acids is 2. The molecule has 1 fully saturated rings. The van der Waals surface area contributed by atoms with E-state index in [1.165, 1.54) is 12.1 Å². The van der Waals surface area contributed by atoms with Gasteiger partial charge in [-0.3, -0.25) is 14.9 Å². The van der Waals surface area contributed by atoms with Crippen LogP contribution in [0.5, 0.6) is 0 Å². The average molecular weight is 444 g/mol. The Morgan fingerprint density at radius 1 is 0.939 bits per heavy atom. The molecule has 2 N–H and O–H groups in total. The number of morpholine rings is 1. The predicted molar refractivity (Wildman–Crippen MR) is 124 cm³/mol. The van der Waals surface area contributed by atoms with E-state index in [2.05, 4.69) is 21.3 Å². The van der Waals surface area contributed by atoms with Crippen molar-refractivity contribution in [3.63, 3.8) is 0 Å². The molecule has 2 aromatic heterocycles. The number of carbonyl (C=O) groups is 2. The minimum absolute atomic E-state index is 0.301. The van der Waals surface area contributed by atoms with Crippen LogP contribution in [0.25, 0.3) is 33.0 Å². The second-order valence-corrected chi connectivity index (χ2v) is 8.38. The first-order valence-corrected chi connectivity index (χ1v) is 10.8. The summed E-state index contributed by atoms with van der Waals surface area (Å²) in [5, 5.41) is 4.02. The maximum atomic E-state index is 13.8. The van der Waals surface area contributed by atoms with Crippen molar-refractivity contribution in [3.8, 4) is 0 Å². The molecule has 0 bridgehead atoms. The van der Waals surface area contributed by atoms with E-state index in [4.69, 9.17) is 4.74 Å². The predicted octanol–water partition coefficient (Wildman–Crippen LogP) is 3.20. The van der Waals surface area contributed by atoms with Crippen LogP contribution in [0.15, 0.2) is 48.8 Å². The molecule has 0 spiro atoms. The van der Waals surface area contributed by atoms with Crippen LogP contribution in [-0.2, 0) is 21.4 Å². The molecule has 4 aromatic rings. The van der Waals surface area contributed by atoms with E-state index in [-0.39, 0.29) is 5.82 Å². The summed E-state index contributed by atoms with van der Waals surface area (Å²) >= 11 is 0. The van der Waals surface area contributed by atoms with Crippen molar-refractivity contribution in [1.82, 2.24) is 14.9 Å². The Labute approximate surface area is 188 Å². The van der Waals surface area contributed by atoms with E-state index in [0.717, 1.165) is 29.7 Å². The Balaban J connectivity index is 1.52. The fraction of sp³-hybridized carbons (Fsp3) is 0.200. The topological polar surface area (TPSA) is 79.4 Å². The summed E-state index contributed by atoms with van der Waals surface area (Å²) in [4.78, 5) is 31.4. The van der Waals surface area contributed by atoms with Gasteiger partial charge in [0.2, 0.25) is 0 Å². The molecular formula is C25H21FN4O3.